The van der Waals surface area contributed by atoms with Crippen LogP contribution in [0.15, 0.2) is 42.6 Å². The van der Waals surface area contributed by atoms with Crippen LogP contribution in [0.2, 0.25) is 0 Å². The van der Waals surface area contributed by atoms with E-state index >= 15 is 0 Å². The Morgan fingerprint density at radius 2 is 2.08 bits per heavy atom. The molecule has 2 heterocycles. The Labute approximate surface area is 138 Å². The number of nitrogens with zero attached hydrogens (tertiary/aromatic N) is 3. The molecule has 0 unspecified atom stereocenters. The number of amides is 2. The number of piperazine rings is 1. The van der Waals surface area contributed by atoms with Crippen molar-refractivity contribution in [3.05, 3.63) is 54.0 Å². The Morgan fingerprint density at radius 1 is 1.25 bits per heavy atom. The minimum atomic E-state index is -0.381. The summed E-state index contributed by atoms with van der Waals surface area (Å²) in [4.78, 5) is 31.8. The van der Waals surface area contributed by atoms with E-state index in [1.807, 2.05) is 0 Å². The predicted molar refractivity (Wildman–Crippen MR) is 87.5 cm³/mol. The number of nitrogens with one attached hydrogen (secondary N) is 1. The van der Waals surface area contributed by atoms with Crippen molar-refractivity contribution in [2.45, 2.75) is 0 Å². The molecule has 1 fully saturated rings. The highest BCUT2D eigenvalue weighted by Crippen LogP contribution is 2.21. The van der Waals surface area contributed by atoms with Crippen LogP contribution in [0.1, 0.15) is 10.4 Å². The Kier molecular flexibility index (Phi) is 4.41. The second-order valence-electron chi connectivity index (χ2n) is 5.58. The monoisotopic (exact) mass is 328 g/mol. The third-order valence-corrected chi connectivity index (χ3v) is 3.87. The van der Waals surface area contributed by atoms with Crippen molar-refractivity contribution in [3.63, 3.8) is 0 Å². The highest BCUT2D eigenvalue weighted by atomic mass is 19.1. The first-order chi connectivity index (χ1) is 11.5. The molecule has 2 aromatic rings. The van der Waals surface area contributed by atoms with Gasteiger partial charge in [0.1, 0.15) is 18.2 Å². The molecule has 124 valence electrons. The summed E-state index contributed by atoms with van der Waals surface area (Å²) in [6.07, 6.45) is 1.55. The Bertz CT molecular complexity index is 781. The van der Waals surface area contributed by atoms with E-state index in [0.717, 1.165) is 0 Å². The fraction of sp³-hybridized carbons (Fsp3) is 0.235. The fourth-order valence-electron chi connectivity index (χ4n) is 2.48. The van der Waals surface area contributed by atoms with Gasteiger partial charge in [-0.15, -0.1) is 0 Å². The predicted octanol–water partition coefficient (Wildman–Crippen LogP) is 1.88. The maximum atomic E-state index is 13.3. The Hall–Kier alpha value is -2.96. The summed E-state index contributed by atoms with van der Waals surface area (Å²) in [5.74, 6) is -0.422. The number of halogens is 1. The van der Waals surface area contributed by atoms with E-state index in [9.17, 15) is 14.0 Å². The van der Waals surface area contributed by atoms with Crippen molar-refractivity contribution in [2.24, 2.45) is 0 Å². The van der Waals surface area contributed by atoms with Crippen LogP contribution in [0, 0.1) is 5.82 Å². The number of hydrogen-bond donors (Lipinski definition) is 1. The normalized spacial score (nSPS) is 14.7. The number of anilines is 2. The lowest BCUT2D eigenvalue weighted by Crippen LogP contribution is -2.50. The third kappa shape index (κ3) is 3.34. The number of hydrogen-bond acceptors (Lipinski definition) is 4. The van der Waals surface area contributed by atoms with Gasteiger partial charge < -0.3 is 15.1 Å². The molecule has 0 aliphatic carbocycles. The zero-order valence-electron chi connectivity index (χ0n) is 13.2. The number of likely N-dealkylation sites (N-methyl/N-ethyl adjacent to an activating group) is 1. The molecule has 24 heavy (non-hydrogen) atoms. The van der Waals surface area contributed by atoms with Gasteiger partial charge >= 0.3 is 0 Å². The second kappa shape index (κ2) is 6.66. The number of carbonyl (C=O) groups is 2. The first-order valence-corrected chi connectivity index (χ1v) is 7.55. The largest absolute Gasteiger partial charge is 0.342 e. The van der Waals surface area contributed by atoms with E-state index in [-0.39, 0.29) is 24.2 Å². The Morgan fingerprint density at radius 3 is 2.83 bits per heavy atom. The highest BCUT2D eigenvalue weighted by molar-refractivity contribution is 6.01. The summed E-state index contributed by atoms with van der Waals surface area (Å²) in [7, 11) is 1.71. The van der Waals surface area contributed by atoms with Gasteiger partial charge in [0.2, 0.25) is 5.91 Å². The van der Waals surface area contributed by atoms with Crippen molar-refractivity contribution in [1.82, 2.24) is 14.8 Å². The van der Waals surface area contributed by atoms with Gasteiger partial charge in [-0.3, -0.25) is 9.59 Å². The lowest BCUT2D eigenvalue weighted by Gasteiger charge is -2.32. The zero-order valence-corrected chi connectivity index (χ0v) is 13.2. The zero-order chi connectivity index (χ0) is 17.1. The average molecular weight is 328 g/mol. The van der Waals surface area contributed by atoms with E-state index < -0.39 is 0 Å². The topological polar surface area (TPSA) is 65.5 Å². The number of pyridine rings is 1. The van der Waals surface area contributed by atoms with Gasteiger partial charge in [-0.2, -0.15) is 0 Å². The summed E-state index contributed by atoms with van der Waals surface area (Å²) in [5, 5.41) is 2.96. The van der Waals surface area contributed by atoms with Crippen molar-refractivity contribution in [3.8, 4) is 0 Å². The van der Waals surface area contributed by atoms with Gasteiger partial charge in [-0.05, 0) is 30.3 Å². The molecule has 7 heteroatoms. The molecule has 2 amide bonds. The van der Waals surface area contributed by atoms with E-state index in [1.165, 1.54) is 17.0 Å². The SMILES string of the molecule is CN1CCN(C(=O)c2cccnc2Nc2cccc(F)c2)CC1=O. The van der Waals surface area contributed by atoms with Gasteiger partial charge in [-0.25, -0.2) is 9.37 Å². The smallest absolute Gasteiger partial charge is 0.258 e. The molecule has 6 nitrogen and oxygen atoms in total. The average Bonchev–Trinajstić information content (AvgIpc) is 2.57. The summed E-state index contributed by atoms with van der Waals surface area (Å²) in [6.45, 7) is 1.01. The molecule has 1 aliphatic heterocycles. The minimum absolute atomic E-state index is 0.0453. The van der Waals surface area contributed by atoms with Crippen LogP contribution in [-0.4, -0.2) is 53.3 Å². The molecule has 1 saturated heterocycles. The molecule has 0 atom stereocenters. The molecule has 0 spiro atoms. The number of rotatable bonds is 3. The van der Waals surface area contributed by atoms with Crippen LogP contribution in [0.5, 0.6) is 0 Å². The van der Waals surface area contributed by atoms with Crippen LogP contribution < -0.4 is 5.32 Å². The first kappa shape index (κ1) is 15.9. The molecule has 0 radical (unpaired) electrons. The second-order valence-corrected chi connectivity index (χ2v) is 5.58. The van der Waals surface area contributed by atoms with Crippen molar-refractivity contribution < 1.29 is 14.0 Å². The fourth-order valence-corrected chi connectivity index (χ4v) is 2.48. The summed E-state index contributed by atoms with van der Waals surface area (Å²) >= 11 is 0. The molecule has 1 aliphatic rings. The van der Waals surface area contributed by atoms with Crippen molar-refractivity contribution in [2.75, 3.05) is 32.0 Å². The van der Waals surface area contributed by atoms with Crippen LogP contribution in [0.3, 0.4) is 0 Å². The summed E-state index contributed by atoms with van der Waals surface area (Å²) in [6, 6.07) is 9.21. The lowest BCUT2D eigenvalue weighted by molar-refractivity contribution is -0.133. The van der Waals surface area contributed by atoms with E-state index in [1.54, 1.807) is 42.4 Å². The highest BCUT2D eigenvalue weighted by Gasteiger charge is 2.27. The number of aromatic nitrogens is 1. The van der Waals surface area contributed by atoms with Gasteiger partial charge in [-0.1, -0.05) is 6.07 Å². The minimum Gasteiger partial charge on any atom is -0.342 e. The number of benzene rings is 1. The Balaban J connectivity index is 1.83. The quantitative estimate of drug-likeness (QED) is 0.934. The van der Waals surface area contributed by atoms with Crippen LogP contribution in [-0.2, 0) is 4.79 Å². The van der Waals surface area contributed by atoms with Gasteiger partial charge in [0, 0.05) is 32.0 Å². The molecule has 3 rings (SSSR count). The van der Waals surface area contributed by atoms with Crippen LogP contribution in [0.4, 0.5) is 15.9 Å². The molecular formula is C17H17FN4O2. The molecular weight excluding hydrogens is 311 g/mol. The third-order valence-electron chi connectivity index (χ3n) is 3.87. The van der Waals surface area contributed by atoms with Gasteiger partial charge in [0.25, 0.3) is 5.91 Å². The van der Waals surface area contributed by atoms with Gasteiger partial charge in [0.15, 0.2) is 0 Å². The first-order valence-electron chi connectivity index (χ1n) is 7.55. The van der Waals surface area contributed by atoms with E-state index in [0.29, 0.717) is 30.2 Å². The summed E-state index contributed by atoms with van der Waals surface area (Å²) in [5.41, 5.74) is 0.844. The van der Waals surface area contributed by atoms with Gasteiger partial charge in [0.05, 0.1) is 5.56 Å². The van der Waals surface area contributed by atoms with Crippen molar-refractivity contribution in [1.29, 1.82) is 0 Å². The maximum absolute atomic E-state index is 13.3. The number of carbonyl (C=O) groups excluding carboxylic acids is 2. The molecule has 1 N–H and O–H groups in total. The lowest BCUT2D eigenvalue weighted by atomic mass is 10.2. The maximum Gasteiger partial charge on any atom is 0.258 e. The summed E-state index contributed by atoms with van der Waals surface area (Å²) < 4.78 is 13.3. The molecule has 1 aromatic heterocycles. The van der Waals surface area contributed by atoms with Crippen LogP contribution >= 0.6 is 0 Å². The molecule has 0 saturated carbocycles. The van der Waals surface area contributed by atoms with Crippen molar-refractivity contribution >= 4 is 23.3 Å². The standard InChI is InChI=1S/C17H17FN4O2/c1-21-8-9-22(11-15(21)23)17(24)14-6-3-7-19-16(14)20-13-5-2-4-12(18)10-13/h2-7,10H,8-9,11H2,1H3,(H,19,20). The molecule has 0 bridgehead atoms. The van der Waals surface area contributed by atoms with Crippen LogP contribution in [0.25, 0.3) is 0 Å². The molecule has 1 aromatic carbocycles. The van der Waals surface area contributed by atoms with E-state index in [4.69, 9.17) is 0 Å². The van der Waals surface area contributed by atoms with E-state index in [2.05, 4.69) is 10.3 Å².